The number of thioether (sulfide) groups is 1. The maximum Gasteiger partial charge on any atom is 0.315 e. The van der Waals surface area contributed by atoms with Crippen molar-refractivity contribution in [2.75, 3.05) is 20.4 Å². The van der Waals surface area contributed by atoms with E-state index in [0.717, 1.165) is 18.5 Å². The molecule has 2 amide bonds. The van der Waals surface area contributed by atoms with E-state index in [1.807, 2.05) is 11.8 Å². The summed E-state index contributed by atoms with van der Waals surface area (Å²) in [5.41, 5.74) is 2.41. The fourth-order valence-electron chi connectivity index (χ4n) is 2.90. The number of hydrogen-bond acceptors (Lipinski definition) is 3. The largest absolute Gasteiger partial charge is 0.334 e. The number of benzene rings is 1. The maximum atomic E-state index is 12.0. The average Bonchev–Trinajstić information content (AvgIpc) is 2.93. The van der Waals surface area contributed by atoms with Gasteiger partial charge in [-0.15, -0.1) is 0 Å². The zero-order chi connectivity index (χ0) is 15.9. The lowest BCUT2D eigenvalue weighted by Crippen LogP contribution is -2.44. The van der Waals surface area contributed by atoms with Gasteiger partial charge >= 0.3 is 6.03 Å². The summed E-state index contributed by atoms with van der Waals surface area (Å²) in [6.07, 6.45) is 5.64. The fraction of sp³-hybridized carbons (Fsp3) is 0.588. The molecule has 1 aromatic carbocycles. The Kier molecular flexibility index (Phi) is 6.58. The van der Waals surface area contributed by atoms with Crippen molar-refractivity contribution in [3.05, 3.63) is 35.4 Å². The summed E-state index contributed by atoms with van der Waals surface area (Å²) in [4.78, 5) is 14.2. The highest BCUT2D eigenvalue weighted by atomic mass is 32.2. The van der Waals surface area contributed by atoms with Crippen LogP contribution in [0.3, 0.4) is 0 Å². The molecule has 22 heavy (non-hydrogen) atoms. The molecule has 1 aliphatic carbocycles. The summed E-state index contributed by atoms with van der Waals surface area (Å²) in [5, 5.41) is 6.64. The first-order valence-corrected chi connectivity index (χ1v) is 9.17. The average molecular weight is 321 g/mol. The van der Waals surface area contributed by atoms with Crippen LogP contribution >= 0.6 is 11.8 Å². The molecule has 1 aromatic rings. The second-order valence-electron chi connectivity index (χ2n) is 6.19. The Morgan fingerprint density at radius 3 is 2.55 bits per heavy atom. The van der Waals surface area contributed by atoms with E-state index >= 15 is 0 Å². The van der Waals surface area contributed by atoms with Gasteiger partial charge in [-0.3, -0.25) is 0 Å². The van der Waals surface area contributed by atoms with Crippen LogP contribution in [0.4, 0.5) is 4.79 Å². The van der Waals surface area contributed by atoms with Gasteiger partial charge < -0.3 is 15.5 Å². The molecule has 2 N–H and O–H groups in total. The van der Waals surface area contributed by atoms with Crippen LogP contribution in [0.15, 0.2) is 24.3 Å². The third-order valence-corrected chi connectivity index (χ3v) is 5.22. The number of carbonyl (C=O) groups excluding carboxylic acids is 1. The molecule has 0 radical (unpaired) electrons. The number of amides is 2. The first-order chi connectivity index (χ1) is 10.6. The first kappa shape index (κ1) is 17.2. The minimum absolute atomic E-state index is 0.0525. The highest BCUT2D eigenvalue weighted by molar-refractivity contribution is 7.99. The van der Waals surface area contributed by atoms with Gasteiger partial charge in [0.25, 0.3) is 0 Å². The molecule has 0 heterocycles. The molecule has 122 valence electrons. The first-order valence-electron chi connectivity index (χ1n) is 7.88. The Morgan fingerprint density at radius 2 is 1.91 bits per heavy atom. The van der Waals surface area contributed by atoms with E-state index in [4.69, 9.17) is 0 Å². The van der Waals surface area contributed by atoms with E-state index in [1.165, 1.54) is 18.4 Å². The van der Waals surface area contributed by atoms with Gasteiger partial charge in [0.1, 0.15) is 0 Å². The minimum Gasteiger partial charge on any atom is -0.334 e. The summed E-state index contributed by atoms with van der Waals surface area (Å²) >= 11 is 1.86. The molecule has 0 bridgehead atoms. The van der Waals surface area contributed by atoms with Crippen molar-refractivity contribution in [3.63, 3.8) is 0 Å². The second-order valence-corrected chi connectivity index (χ2v) is 7.27. The molecule has 5 heteroatoms. The van der Waals surface area contributed by atoms with E-state index < -0.39 is 0 Å². The monoisotopic (exact) mass is 321 g/mol. The number of urea groups is 1. The van der Waals surface area contributed by atoms with Crippen LogP contribution in [0.2, 0.25) is 0 Å². The zero-order valence-corrected chi connectivity index (χ0v) is 14.6. The van der Waals surface area contributed by atoms with Crippen LogP contribution in [-0.2, 0) is 13.1 Å². The predicted molar refractivity (Wildman–Crippen MR) is 94.1 cm³/mol. The molecular weight excluding hydrogens is 294 g/mol. The van der Waals surface area contributed by atoms with Crippen molar-refractivity contribution < 1.29 is 4.79 Å². The van der Waals surface area contributed by atoms with E-state index in [1.54, 1.807) is 0 Å². The number of rotatable bonds is 6. The molecule has 0 aromatic heterocycles. The predicted octanol–water partition coefficient (Wildman–Crippen LogP) is 2.83. The lowest BCUT2D eigenvalue weighted by molar-refractivity contribution is 0.237. The van der Waals surface area contributed by atoms with Crippen LogP contribution in [0.5, 0.6) is 0 Å². The SMILES string of the molecule is CS[C@H]1CCC[C@H]1NC(=O)NCc1ccc(CN(C)C)cc1. The lowest BCUT2D eigenvalue weighted by atomic mass is 10.1. The molecule has 1 saturated carbocycles. The fourth-order valence-corrected chi connectivity index (χ4v) is 3.84. The summed E-state index contributed by atoms with van der Waals surface area (Å²) in [5.74, 6) is 0. The van der Waals surface area contributed by atoms with Gasteiger partial charge in [0, 0.05) is 24.4 Å². The van der Waals surface area contributed by atoms with Gasteiger partial charge in [0.05, 0.1) is 0 Å². The Balaban J connectivity index is 1.76. The normalized spacial score (nSPS) is 21.1. The molecule has 1 aliphatic rings. The van der Waals surface area contributed by atoms with Gasteiger partial charge in [-0.05, 0) is 44.3 Å². The zero-order valence-electron chi connectivity index (χ0n) is 13.8. The molecule has 1 fully saturated rings. The Labute approximate surface area is 138 Å². The molecule has 0 spiro atoms. The van der Waals surface area contributed by atoms with Crippen molar-refractivity contribution >= 4 is 17.8 Å². The molecule has 0 aliphatic heterocycles. The van der Waals surface area contributed by atoms with Gasteiger partial charge in [-0.25, -0.2) is 4.79 Å². The van der Waals surface area contributed by atoms with Crippen LogP contribution in [-0.4, -0.2) is 42.6 Å². The van der Waals surface area contributed by atoms with Gasteiger partial charge in [-0.1, -0.05) is 30.7 Å². The minimum atomic E-state index is -0.0525. The summed E-state index contributed by atoms with van der Waals surface area (Å²) < 4.78 is 0. The topological polar surface area (TPSA) is 44.4 Å². The molecule has 0 saturated heterocycles. The van der Waals surface area contributed by atoms with Crippen LogP contribution in [0, 0.1) is 0 Å². The summed E-state index contributed by atoms with van der Waals surface area (Å²) in [6, 6.07) is 8.67. The van der Waals surface area contributed by atoms with Crippen molar-refractivity contribution in [1.82, 2.24) is 15.5 Å². The molecule has 2 atom stereocenters. The van der Waals surface area contributed by atoms with Gasteiger partial charge in [0.2, 0.25) is 0 Å². The third kappa shape index (κ3) is 5.21. The summed E-state index contributed by atoms with van der Waals surface area (Å²) in [7, 11) is 4.12. The standard InChI is InChI=1S/C17H27N3OS/c1-20(2)12-14-9-7-13(8-10-14)11-18-17(21)19-15-5-4-6-16(15)22-3/h7-10,15-16H,4-6,11-12H2,1-3H3,(H2,18,19,21)/t15-,16+/m1/s1. The third-order valence-electron chi connectivity index (χ3n) is 4.05. The van der Waals surface area contributed by atoms with Crippen molar-refractivity contribution in [1.29, 1.82) is 0 Å². The molecule has 0 unspecified atom stereocenters. The van der Waals surface area contributed by atoms with Crippen LogP contribution in [0.1, 0.15) is 30.4 Å². The van der Waals surface area contributed by atoms with E-state index in [9.17, 15) is 4.79 Å². The van der Waals surface area contributed by atoms with E-state index in [-0.39, 0.29) is 6.03 Å². The Hall–Kier alpha value is -1.20. The molecule has 2 rings (SSSR count). The highest BCUT2D eigenvalue weighted by Crippen LogP contribution is 2.28. The van der Waals surface area contributed by atoms with Crippen molar-refractivity contribution in [2.45, 2.75) is 43.6 Å². The van der Waals surface area contributed by atoms with Crippen LogP contribution < -0.4 is 10.6 Å². The summed E-state index contributed by atoms with van der Waals surface area (Å²) in [6.45, 7) is 1.51. The number of nitrogens with zero attached hydrogens (tertiary/aromatic N) is 1. The Bertz CT molecular complexity index is 475. The number of nitrogens with one attached hydrogen (secondary N) is 2. The van der Waals surface area contributed by atoms with E-state index in [0.29, 0.717) is 17.8 Å². The lowest BCUT2D eigenvalue weighted by Gasteiger charge is -2.19. The van der Waals surface area contributed by atoms with Gasteiger partial charge in [-0.2, -0.15) is 11.8 Å². The van der Waals surface area contributed by atoms with Crippen molar-refractivity contribution in [3.8, 4) is 0 Å². The Morgan fingerprint density at radius 1 is 1.23 bits per heavy atom. The molecule has 4 nitrogen and oxygen atoms in total. The van der Waals surface area contributed by atoms with E-state index in [2.05, 4.69) is 60.2 Å². The van der Waals surface area contributed by atoms with Crippen LogP contribution in [0.25, 0.3) is 0 Å². The van der Waals surface area contributed by atoms with Crippen molar-refractivity contribution in [2.24, 2.45) is 0 Å². The maximum absolute atomic E-state index is 12.0. The quantitative estimate of drug-likeness (QED) is 0.847. The highest BCUT2D eigenvalue weighted by Gasteiger charge is 2.27. The second kappa shape index (κ2) is 8.44. The molecular formula is C17H27N3OS. The smallest absolute Gasteiger partial charge is 0.315 e. The number of hydrogen-bond donors (Lipinski definition) is 2. The van der Waals surface area contributed by atoms with Gasteiger partial charge in [0.15, 0.2) is 0 Å². The number of carbonyl (C=O) groups is 1.